The number of benzene rings is 1. The summed E-state index contributed by atoms with van der Waals surface area (Å²) in [6, 6.07) is 2.03. The predicted octanol–water partition coefficient (Wildman–Crippen LogP) is 1.03. The molecule has 0 aliphatic heterocycles. The van der Waals surface area contributed by atoms with Crippen LogP contribution in [-0.2, 0) is 0 Å². The zero-order valence-electron chi connectivity index (χ0n) is 8.65. The van der Waals surface area contributed by atoms with Gasteiger partial charge in [-0.1, -0.05) is 6.07 Å². The standard InChI is InChI=1S/C10H13F2NO3/c1-16-8-4-6(2-3-7(8)15)9(13)10(11,12)5-14/h2-4,9,14-15H,5,13H2,1H3/t9-/m0/s1. The molecule has 1 aromatic carbocycles. The molecule has 0 aliphatic rings. The van der Waals surface area contributed by atoms with E-state index in [1.807, 2.05) is 0 Å². The van der Waals surface area contributed by atoms with Crippen molar-refractivity contribution in [3.05, 3.63) is 23.8 Å². The summed E-state index contributed by atoms with van der Waals surface area (Å²) in [5, 5.41) is 17.8. The van der Waals surface area contributed by atoms with Gasteiger partial charge in [-0.2, -0.15) is 0 Å². The third kappa shape index (κ3) is 2.40. The highest BCUT2D eigenvalue weighted by Crippen LogP contribution is 2.33. The number of hydrogen-bond donors (Lipinski definition) is 3. The second-order valence-electron chi connectivity index (χ2n) is 3.33. The molecule has 4 N–H and O–H groups in total. The molecule has 6 heteroatoms. The van der Waals surface area contributed by atoms with Gasteiger partial charge in [-0.05, 0) is 17.7 Å². The maximum absolute atomic E-state index is 13.1. The Hall–Kier alpha value is -1.40. The Balaban J connectivity index is 3.05. The van der Waals surface area contributed by atoms with Gasteiger partial charge in [-0.25, -0.2) is 8.78 Å². The molecule has 0 bridgehead atoms. The molecular weight excluding hydrogens is 220 g/mol. The first kappa shape index (κ1) is 12.7. The first-order chi connectivity index (χ1) is 7.42. The zero-order chi connectivity index (χ0) is 12.3. The van der Waals surface area contributed by atoms with Gasteiger partial charge in [0.15, 0.2) is 11.5 Å². The van der Waals surface area contributed by atoms with Crippen molar-refractivity contribution >= 4 is 0 Å². The summed E-state index contributed by atoms with van der Waals surface area (Å²) in [6.07, 6.45) is 0. The van der Waals surface area contributed by atoms with E-state index < -0.39 is 18.6 Å². The van der Waals surface area contributed by atoms with Crippen LogP contribution in [0, 0.1) is 0 Å². The SMILES string of the molecule is COc1cc([C@H](N)C(F)(F)CO)ccc1O. The van der Waals surface area contributed by atoms with Gasteiger partial charge in [-0.3, -0.25) is 0 Å². The van der Waals surface area contributed by atoms with Gasteiger partial charge in [0.1, 0.15) is 6.61 Å². The molecule has 0 saturated heterocycles. The summed E-state index contributed by atoms with van der Waals surface area (Å²) in [7, 11) is 1.30. The van der Waals surface area contributed by atoms with Crippen molar-refractivity contribution in [3.63, 3.8) is 0 Å². The molecule has 1 atom stereocenters. The number of aliphatic hydroxyl groups excluding tert-OH is 1. The second kappa shape index (κ2) is 4.63. The molecule has 1 rings (SSSR count). The number of rotatable bonds is 4. The van der Waals surface area contributed by atoms with Gasteiger partial charge < -0.3 is 20.7 Å². The Morgan fingerprint density at radius 1 is 1.50 bits per heavy atom. The third-order valence-electron chi connectivity index (χ3n) is 2.23. The number of phenols is 1. The number of alkyl halides is 2. The average molecular weight is 233 g/mol. The Morgan fingerprint density at radius 3 is 2.62 bits per heavy atom. The Morgan fingerprint density at radius 2 is 2.12 bits per heavy atom. The topological polar surface area (TPSA) is 75.7 Å². The summed E-state index contributed by atoms with van der Waals surface area (Å²) < 4.78 is 30.9. The minimum absolute atomic E-state index is 0.0571. The van der Waals surface area contributed by atoms with E-state index in [-0.39, 0.29) is 17.1 Å². The molecular formula is C10H13F2NO3. The lowest BCUT2D eigenvalue weighted by atomic mass is 10.0. The molecule has 0 spiro atoms. The lowest BCUT2D eigenvalue weighted by Crippen LogP contribution is -2.36. The smallest absolute Gasteiger partial charge is 0.289 e. The number of methoxy groups -OCH3 is 1. The van der Waals surface area contributed by atoms with Crippen LogP contribution in [0.3, 0.4) is 0 Å². The van der Waals surface area contributed by atoms with Crippen LogP contribution in [0.5, 0.6) is 11.5 Å². The number of ether oxygens (including phenoxy) is 1. The van der Waals surface area contributed by atoms with E-state index in [1.165, 1.54) is 25.3 Å². The van der Waals surface area contributed by atoms with Crippen molar-refractivity contribution in [1.82, 2.24) is 0 Å². The van der Waals surface area contributed by atoms with E-state index >= 15 is 0 Å². The van der Waals surface area contributed by atoms with Gasteiger partial charge in [0.2, 0.25) is 0 Å². The summed E-state index contributed by atoms with van der Waals surface area (Å²) in [5.41, 5.74) is 5.39. The normalized spacial score (nSPS) is 13.6. The largest absolute Gasteiger partial charge is 0.504 e. The number of hydrogen-bond acceptors (Lipinski definition) is 4. The maximum Gasteiger partial charge on any atom is 0.289 e. The molecule has 1 aromatic rings. The Bertz CT molecular complexity index is 371. The van der Waals surface area contributed by atoms with E-state index in [9.17, 15) is 13.9 Å². The van der Waals surface area contributed by atoms with Crippen LogP contribution in [-0.4, -0.2) is 29.9 Å². The van der Waals surface area contributed by atoms with Crippen LogP contribution in [0.4, 0.5) is 8.78 Å². The highest BCUT2D eigenvalue weighted by Gasteiger charge is 2.37. The molecule has 0 fully saturated rings. The van der Waals surface area contributed by atoms with Gasteiger partial charge in [-0.15, -0.1) is 0 Å². The highest BCUT2D eigenvalue weighted by atomic mass is 19.3. The van der Waals surface area contributed by atoms with E-state index in [0.717, 1.165) is 0 Å². The van der Waals surface area contributed by atoms with Crippen molar-refractivity contribution in [3.8, 4) is 11.5 Å². The Kier molecular flexibility index (Phi) is 3.66. The number of halogens is 2. The molecule has 90 valence electrons. The summed E-state index contributed by atoms with van der Waals surface area (Å²) >= 11 is 0. The van der Waals surface area contributed by atoms with Crippen molar-refractivity contribution in [2.45, 2.75) is 12.0 Å². The van der Waals surface area contributed by atoms with E-state index in [2.05, 4.69) is 0 Å². The van der Waals surface area contributed by atoms with Crippen LogP contribution in [0.25, 0.3) is 0 Å². The lowest BCUT2D eigenvalue weighted by molar-refractivity contribution is -0.0712. The Labute approximate surface area is 91.3 Å². The maximum atomic E-state index is 13.1. The molecule has 0 radical (unpaired) electrons. The van der Waals surface area contributed by atoms with Crippen molar-refractivity contribution in [2.24, 2.45) is 5.73 Å². The van der Waals surface area contributed by atoms with Crippen LogP contribution in [0.15, 0.2) is 18.2 Å². The van der Waals surface area contributed by atoms with Crippen molar-refractivity contribution < 1.29 is 23.7 Å². The van der Waals surface area contributed by atoms with Gasteiger partial charge in [0.05, 0.1) is 13.2 Å². The molecule has 0 aromatic heterocycles. The molecule has 0 saturated carbocycles. The molecule has 0 unspecified atom stereocenters. The molecule has 4 nitrogen and oxygen atoms in total. The number of phenolic OH excluding ortho intramolecular Hbond substituents is 1. The third-order valence-corrected chi connectivity index (χ3v) is 2.23. The first-order valence-corrected chi connectivity index (χ1v) is 4.53. The summed E-state index contributed by atoms with van der Waals surface area (Å²) in [5.74, 6) is -3.52. The van der Waals surface area contributed by atoms with Gasteiger partial charge in [0.25, 0.3) is 5.92 Å². The lowest BCUT2D eigenvalue weighted by Gasteiger charge is -2.22. The fraction of sp³-hybridized carbons (Fsp3) is 0.400. The van der Waals surface area contributed by atoms with E-state index in [4.69, 9.17) is 15.6 Å². The first-order valence-electron chi connectivity index (χ1n) is 4.53. The molecule has 16 heavy (non-hydrogen) atoms. The second-order valence-corrected chi connectivity index (χ2v) is 3.33. The molecule has 0 amide bonds. The van der Waals surface area contributed by atoms with Crippen LogP contribution < -0.4 is 10.5 Å². The van der Waals surface area contributed by atoms with Crippen LogP contribution >= 0.6 is 0 Å². The molecule has 0 aliphatic carbocycles. The summed E-state index contributed by atoms with van der Waals surface area (Å²) in [4.78, 5) is 0. The van der Waals surface area contributed by atoms with Gasteiger partial charge in [0, 0.05) is 0 Å². The summed E-state index contributed by atoms with van der Waals surface area (Å²) in [6.45, 7) is -1.34. The number of nitrogens with two attached hydrogens (primary N) is 1. The van der Waals surface area contributed by atoms with Crippen LogP contribution in [0.2, 0.25) is 0 Å². The van der Waals surface area contributed by atoms with Crippen molar-refractivity contribution in [1.29, 1.82) is 0 Å². The fourth-order valence-corrected chi connectivity index (χ4v) is 1.23. The number of aliphatic hydroxyl groups is 1. The monoisotopic (exact) mass is 233 g/mol. The quantitative estimate of drug-likeness (QED) is 0.726. The van der Waals surface area contributed by atoms with E-state index in [1.54, 1.807) is 0 Å². The van der Waals surface area contributed by atoms with Gasteiger partial charge >= 0.3 is 0 Å². The van der Waals surface area contributed by atoms with Crippen LogP contribution in [0.1, 0.15) is 11.6 Å². The highest BCUT2D eigenvalue weighted by molar-refractivity contribution is 5.43. The predicted molar refractivity (Wildman–Crippen MR) is 53.6 cm³/mol. The minimum atomic E-state index is -3.41. The fourth-order valence-electron chi connectivity index (χ4n) is 1.23. The van der Waals surface area contributed by atoms with Crippen molar-refractivity contribution in [2.75, 3.05) is 13.7 Å². The average Bonchev–Trinajstić information content (AvgIpc) is 2.28. The van der Waals surface area contributed by atoms with E-state index in [0.29, 0.717) is 0 Å². The minimum Gasteiger partial charge on any atom is -0.504 e. The molecule has 0 heterocycles. The zero-order valence-corrected chi connectivity index (χ0v) is 8.65. The number of aromatic hydroxyl groups is 1.